The van der Waals surface area contributed by atoms with E-state index in [0.29, 0.717) is 22.5 Å². The summed E-state index contributed by atoms with van der Waals surface area (Å²) in [6.45, 7) is 7.50. The van der Waals surface area contributed by atoms with E-state index >= 15 is 0 Å². The first-order valence-electron chi connectivity index (χ1n) is 7.74. The number of urea groups is 1. The van der Waals surface area contributed by atoms with Crippen molar-refractivity contribution in [2.75, 3.05) is 10.6 Å². The second-order valence-electron chi connectivity index (χ2n) is 6.82. The van der Waals surface area contributed by atoms with Crippen LogP contribution in [0.5, 0.6) is 5.75 Å². The third-order valence-corrected chi connectivity index (χ3v) is 3.73. The van der Waals surface area contributed by atoms with Crippen LogP contribution >= 0.6 is 0 Å². The van der Waals surface area contributed by atoms with Gasteiger partial charge in [0, 0.05) is 28.6 Å². The maximum absolute atomic E-state index is 12.1. The van der Waals surface area contributed by atoms with E-state index in [1.54, 1.807) is 31.2 Å². The lowest BCUT2D eigenvalue weighted by molar-refractivity contribution is -0.385. The fourth-order valence-corrected chi connectivity index (χ4v) is 2.39. The molecule has 2 rings (SSSR count). The Hall–Kier alpha value is -3.09. The van der Waals surface area contributed by atoms with Crippen molar-refractivity contribution in [2.45, 2.75) is 33.1 Å². The normalized spacial score (nSPS) is 11.0. The highest BCUT2D eigenvalue weighted by Crippen LogP contribution is 2.32. The zero-order valence-corrected chi connectivity index (χ0v) is 14.6. The second-order valence-corrected chi connectivity index (χ2v) is 6.82. The standard InChI is InChI=1S/C18H21N3O4/c1-11-5-6-13(10-15(11)21(24)25)20-17(23)19-12-7-8-16(22)14(9-12)18(2,3)4/h5-10,22H,1-4H3,(H2,19,20,23). The van der Waals surface area contributed by atoms with Gasteiger partial charge in [-0.2, -0.15) is 0 Å². The van der Waals surface area contributed by atoms with Gasteiger partial charge in [-0.05, 0) is 36.6 Å². The molecule has 0 bridgehead atoms. The summed E-state index contributed by atoms with van der Waals surface area (Å²) in [4.78, 5) is 22.6. The number of nitro groups is 1. The number of nitrogens with zero attached hydrogens (tertiary/aromatic N) is 1. The molecule has 0 aliphatic rings. The number of nitrogens with one attached hydrogen (secondary N) is 2. The number of hydrogen-bond donors (Lipinski definition) is 3. The predicted octanol–water partition coefficient (Wildman–Crippen LogP) is 4.55. The summed E-state index contributed by atoms with van der Waals surface area (Å²) < 4.78 is 0. The minimum atomic E-state index is -0.524. The Labute approximate surface area is 145 Å². The molecule has 0 saturated carbocycles. The summed E-state index contributed by atoms with van der Waals surface area (Å²) in [5.74, 6) is 0.160. The summed E-state index contributed by atoms with van der Waals surface area (Å²) in [5.41, 5.74) is 1.72. The monoisotopic (exact) mass is 343 g/mol. The minimum Gasteiger partial charge on any atom is -0.508 e. The quantitative estimate of drug-likeness (QED) is 0.432. The third-order valence-electron chi connectivity index (χ3n) is 3.73. The van der Waals surface area contributed by atoms with E-state index in [1.165, 1.54) is 12.1 Å². The van der Waals surface area contributed by atoms with Gasteiger partial charge in [-0.1, -0.05) is 26.8 Å². The Morgan fingerprint density at radius 2 is 1.64 bits per heavy atom. The van der Waals surface area contributed by atoms with E-state index in [9.17, 15) is 20.0 Å². The third kappa shape index (κ3) is 4.47. The Bertz CT molecular complexity index is 826. The summed E-state index contributed by atoms with van der Waals surface area (Å²) in [7, 11) is 0. The molecule has 0 unspecified atom stereocenters. The molecule has 132 valence electrons. The first kappa shape index (κ1) is 18.3. The van der Waals surface area contributed by atoms with Crippen molar-refractivity contribution in [1.82, 2.24) is 0 Å². The van der Waals surface area contributed by atoms with Crippen LogP contribution in [0.25, 0.3) is 0 Å². The van der Waals surface area contributed by atoms with Crippen LogP contribution in [-0.4, -0.2) is 16.1 Å². The van der Waals surface area contributed by atoms with Crippen molar-refractivity contribution >= 4 is 23.1 Å². The molecule has 7 heteroatoms. The Morgan fingerprint density at radius 1 is 1.08 bits per heavy atom. The fraction of sp³-hybridized carbons (Fsp3) is 0.278. The van der Waals surface area contributed by atoms with Crippen LogP contribution in [0.3, 0.4) is 0 Å². The van der Waals surface area contributed by atoms with Gasteiger partial charge in [0.1, 0.15) is 5.75 Å². The maximum atomic E-state index is 12.1. The first-order valence-corrected chi connectivity index (χ1v) is 7.74. The van der Waals surface area contributed by atoms with Crippen molar-refractivity contribution in [3.8, 4) is 5.75 Å². The second kappa shape index (κ2) is 6.80. The molecule has 3 N–H and O–H groups in total. The minimum absolute atomic E-state index is 0.0579. The molecule has 7 nitrogen and oxygen atoms in total. The molecule has 2 aromatic rings. The number of aryl methyl sites for hydroxylation is 1. The summed E-state index contributed by atoms with van der Waals surface area (Å²) in [6.07, 6.45) is 0. The van der Waals surface area contributed by atoms with Gasteiger partial charge in [0.25, 0.3) is 5.69 Å². The lowest BCUT2D eigenvalue weighted by Gasteiger charge is -2.21. The van der Waals surface area contributed by atoms with Gasteiger partial charge in [-0.25, -0.2) is 4.79 Å². The summed E-state index contributed by atoms with van der Waals surface area (Å²) >= 11 is 0. The average Bonchev–Trinajstić information content (AvgIpc) is 2.49. The highest BCUT2D eigenvalue weighted by Gasteiger charge is 2.19. The molecule has 0 spiro atoms. The number of phenols is 1. The molecule has 2 aromatic carbocycles. The van der Waals surface area contributed by atoms with E-state index < -0.39 is 11.0 Å². The molecule has 0 atom stereocenters. The van der Waals surface area contributed by atoms with Gasteiger partial charge in [-0.3, -0.25) is 10.1 Å². The largest absolute Gasteiger partial charge is 0.508 e. The topological polar surface area (TPSA) is 104 Å². The molecule has 0 aromatic heterocycles. The SMILES string of the molecule is Cc1ccc(NC(=O)Nc2ccc(O)c(C(C)(C)C)c2)cc1[N+](=O)[O-]. The molecule has 2 amide bonds. The number of carbonyl (C=O) groups is 1. The Kier molecular flexibility index (Phi) is 4.97. The van der Waals surface area contributed by atoms with Gasteiger partial charge in [0.2, 0.25) is 0 Å². The van der Waals surface area contributed by atoms with Crippen LogP contribution in [-0.2, 0) is 5.41 Å². The number of anilines is 2. The maximum Gasteiger partial charge on any atom is 0.323 e. The molecule has 0 saturated heterocycles. The molecule has 0 fully saturated rings. The van der Waals surface area contributed by atoms with Crippen LogP contribution < -0.4 is 10.6 Å². The van der Waals surface area contributed by atoms with Gasteiger partial charge in [-0.15, -0.1) is 0 Å². The Balaban J connectivity index is 2.16. The van der Waals surface area contributed by atoms with Crippen LogP contribution in [0.1, 0.15) is 31.9 Å². The van der Waals surface area contributed by atoms with E-state index in [1.807, 2.05) is 20.8 Å². The molecule has 25 heavy (non-hydrogen) atoms. The lowest BCUT2D eigenvalue weighted by atomic mass is 9.86. The van der Waals surface area contributed by atoms with Crippen LogP contribution in [0.4, 0.5) is 21.9 Å². The lowest BCUT2D eigenvalue weighted by Crippen LogP contribution is -2.20. The number of amides is 2. The van der Waals surface area contributed by atoms with Crippen LogP contribution in [0.15, 0.2) is 36.4 Å². The zero-order chi connectivity index (χ0) is 18.8. The molecular weight excluding hydrogens is 322 g/mol. The highest BCUT2D eigenvalue weighted by molar-refractivity contribution is 6.00. The number of phenolic OH excluding ortho intramolecular Hbond substituents is 1. The highest BCUT2D eigenvalue weighted by atomic mass is 16.6. The van der Waals surface area contributed by atoms with E-state index in [4.69, 9.17) is 0 Å². The van der Waals surface area contributed by atoms with Crippen molar-refractivity contribution in [3.63, 3.8) is 0 Å². The van der Waals surface area contributed by atoms with Crippen molar-refractivity contribution in [1.29, 1.82) is 0 Å². The number of nitro benzene ring substituents is 1. The molecule has 0 heterocycles. The van der Waals surface area contributed by atoms with Crippen molar-refractivity contribution < 1.29 is 14.8 Å². The first-order chi connectivity index (χ1) is 11.6. The zero-order valence-electron chi connectivity index (χ0n) is 14.6. The van der Waals surface area contributed by atoms with Crippen LogP contribution in [0.2, 0.25) is 0 Å². The van der Waals surface area contributed by atoms with E-state index in [2.05, 4.69) is 10.6 Å². The summed E-state index contributed by atoms with van der Waals surface area (Å²) in [6, 6.07) is 8.77. The number of aromatic hydroxyl groups is 1. The summed E-state index contributed by atoms with van der Waals surface area (Å²) in [5, 5.41) is 26.2. The van der Waals surface area contributed by atoms with Crippen molar-refractivity contribution in [3.05, 3.63) is 57.6 Å². The smallest absolute Gasteiger partial charge is 0.323 e. The van der Waals surface area contributed by atoms with Gasteiger partial charge >= 0.3 is 6.03 Å². The molecular formula is C18H21N3O4. The number of hydrogen-bond acceptors (Lipinski definition) is 4. The Morgan fingerprint density at radius 3 is 2.20 bits per heavy atom. The van der Waals surface area contributed by atoms with E-state index in [-0.39, 0.29) is 16.9 Å². The molecule has 0 aliphatic carbocycles. The van der Waals surface area contributed by atoms with Gasteiger partial charge in [0.05, 0.1) is 4.92 Å². The average molecular weight is 343 g/mol. The predicted molar refractivity (Wildman–Crippen MR) is 97.3 cm³/mol. The van der Waals surface area contributed by atoms with Gasteiger partial charge < -0.3 is 15.7 Å². The number of carbonyl (C=O) groups excluding carboxylic acids is 1. The van der Waals surface area contributed by atoms with Crippen molar-refractivity contribution in [2.24, 2.45) is 0 Å². The van der Waals surface area contributed by atoms with Gasteiger partial charge in [0.15, 0.2) is 0 Å². The van der Waals surface area contributed by atoms with Crippen LogP contribution in [0, 0.1) is 17.0 Å². The fourth-order valence-electron chi connectivity index (χ4n) is 2.39. The number of benzene rings is 2. The molecule has 0 aliphatic heterocycles. The number of rotatable bonds is 3. The van der Waals surface area contributed by atoms with E-state index in [0.717, 1.165) is 0 Å². The molecule has 0 radical (unpaired) electrons.